The summed E-state index contributed by atoms with van der Waals surface area (Å²) in [5.74, 6) is -1.39. The molecule has 1 atom stereocenters. The number of hydrogen-bond acceptors (Lipinski definition) is 2. The van der Waals surface area contributed by atoms with Crippen LogP contribution in [0, 0.1) is 11.6 Å². The highest BCUT2D eigenvalue weighted by molar-refractivity contribution is 7.86. The van der Waals surface area contributed by atoms with Gasteiger partial charge in [-0.2, -0.15) is 17.0 Å². The topological polar surface area (TPSA) is 40.6 Å². The molecule has 0 spiro atoms. The molecule has 4 nitrogen and oxygen atoms in total. The van der Waals surface area contributed by atoms with E-state index in [4.69, 9.17) is 0 Å². The van der Waals surface area contributed by atoms with E-state index in [9.17, 15) is 17.2 Å². The van der Waals surface area contributed by atoms with Gasteiger partial charge >= 0.3 is 0 Å². The predicted octanol–water partition coefficient (Wildman–Crippen LogP) is 3.25. The summed E-state index contributed by atoms with van der Waals surface area (Å²) in [6, 6.07) is 12.6. The second kappa shape index (κ2) is 7.26. The summed E-state index contributed by atoms with van der Waals surface area (Å²) >= 11 is 0. The third kappa shape index (κ3) is 3.70. The van der Waals surface area contributed by atoms with Crippen LogP contribution in [0.5, 0.6) is 0 Å². The minimum Gasteiger partial charge on any atom is -0.207 e. The van der Waals surface area contributed by atoms with Crippen molar-refractivity contribution in [1.82, 2.24) is 8.61 Å². The molecule has 1 aliphatic rings. The molecule has 26 heavy (non-hydrogen) atoms. The van der Waals surface area contributed by atoms with Gasteiger partial charge in [-0.15, -0.1) is 0 Å². The van der Waals surface area contributed by atoms with Crippen molar-refractivity contribution in [2.45, 2.75) is 5.92 Å². The van der Waals surface area contributed by atoms with Crippen LogP contribution in [0.15, 0.2) is 54.6 Å². The summed E-state index contributed by atoms with van der Waals surface area (Å²) in [6.45, 7) is 0.231. The molecule has 0 saturated carbocycles. The van der Waals surface area contributed by atoms with Crippen LogP contribution in [0.4, 0.5) is 8.78 Å². The highest BCUT2D eigenvalue weighted by Gasteiger charge is 2.32. The van der Waals surface area contributed by atoms with Crippen LogP contribution in [0.1, 0.15) is 17.0 Å². The fourth-order valence-electron chi connectivity index (χ4n) is 3.05. The van der Waals surface area contributed by atoms with Crippen molar-refractivity contribution in [3.05, 3.63) is 77.4 Å². The number of rotatable bonds is 4. The van der Waals surface area contributed by atoms with Crippen LogP contribution < -0.4 is 0 Å². The lowest BCUT2D eigenvalue weighted by atomic mass is 9.91. The molecule has 3 rings (SSSR count). The second-order valence-corrected chi connectivity index (χ2v) is 8.56. The van der Waals surface area contributed by atoms with Gasteiger partial charge in [0, 0.05) is 38.7 Å². The SMILES string of the molecule is CN(C)S(=O)(=O)N1CC(c2cc(F)ccc2F)=CC(c2ccccc2)C1. The van der Waals surface area contributed by atoms with Gasteiger partial charge in [-0.1, -0.05) is 36.4 Å². The van der Waals surface area contributed by atoms with E-state index >= 15 is 0 Å². The molecule has 0 amide bonds. The lowest BCUT2D eigenvalue weighted by molar-refractivity contribution is 0.384. The van der Waals surface area contributed by atoms with Crippen molar-refractivity contribution in [3.63, 3.8) is 0 Å². The predicted molar refractivity (Wildman–Crippen MR) is 97.7 cm³/mol. The Hall–Kier alpha value is -2.09. The number of benzene rings is 2. The van der Waals surface area contributed by atoms with Crippen LogP contribution in [-0.4, -0.2) is 44.2 Å². The van der Waals surface area contributed by atoms with Crippen LogP contribution in [-0.2, 0) is 10.2 Å². The van der Waals surface area contributed by atoms with Crippen LogP contribution in [0.25, 0.3) is 5.57 Å². The van der Waals surface area contributed by atoms with E-state index < -0.39 is 21.8 Å². The molecular formula is C19H20F2N2O2S. The fraction of sp³-hybridized carbons (Fsp3) is 0.263. The highest BCUT2D eigenvalue weighted by Crippen LogP contribution is 2.32. The van der Waals surface area contributed by atoms with Gasteiger partial charge in [0.1, 0.15) is 11.6 Å². The van der Waals surface area contributed by atoms with Gasteiger partial charge in [-0.25, -0.2) is 8.78 Å². The maximum absolute atomic E-state index is 14.3. The van der Waals surface area contributed by atoms with Crippen LogP contribution in [0.2, 0.25) is 0 Å². The first-order valence-corrected chi connectivity index (χ1v) is 9.57. The Morgan fingerprint density at radius 3 is 2.42 bits per heavy atom. The van der Waals surface area contributed by atoms with Gasteiger partial charge in [0.15, 0.2) is 0 Å². The highest BCUT2D eigenvalue weighted by atomic mass is 32.2. The van der Waals surface area contributed by atoms with Crippen LogP contribution in [0.3, 0.4) is 0 Å². The van der Waals surface area contributed by atoms with Gasteiger partial charge in [0.2, 0.25) is 0 Å². The maximum atomic E-state index is 14.3. The summed E-state index contributed by atoms with van der Waals surface area (Å²) < 4.78 is 55.6. The normalized spacial score (nSPS) is 18.8. The quantitative estimate of drug-likeness (QED) is 0.819. The number of hydrogen-bond donors (Lipinski definition) is 0. The van der Waals surface area contributed by atoms with Crippen LogP contribution >= 0.6 is 0 Å². The van der Waals surface area contributed by atoms with Crippen molar-refractivity contribution < 1.29 is 17.2 Å². The van der Waals surface area contributed by atoms with E-state index in [-0.39, 0.29) is 24.6 Å². The van der Waals surface area contributed by atoms with Gasteiger partial charge < -0.3 is 0 Å². The zero-order valence-corrected chi connectivity index (χ0v) is 15.4. The largest absolute Gasteiger partial charge is 0.281 e. The smallest absolute Gasteiger partial charge is 0.207 e. The lowest BCUT2D eigenvalue weighted by Crippen LogP contribution is -2.44. The van der Waals surface area contributed by atoms with E-state index in [1.54, 1.807) is 0 Å². The van der Waals surface area contributed by atoms with E-state index in [0.29, 0.717) is 5.57 Å². The minimum atomic E-state index is -3.70. The standard InChI is InChI=1S/C19H20F2N2O2S/c1-22(2)26(24,25)23-12-15(14-6-4-3-5-7-14)10-16(13-23)18-11-17(20)8-9-19(18)21/h3-11,15H,12-13H2,1-2H3. The zero-order valence-electron chi connectivity index (χ0n) is 14.6. The van der Waals surface area contributed by atoms with Crippen molar-refractivity contribution >= 4 is 15.8 Å². The Morgan fingerprint density at radius 1 is 1.08 bits per heavy atom. The molecule has 0 aliphatic carbocycles. The Morgan fingerprint density at radius 2 is 1.77 bits per heavy atom. The third-order valence-corrected chi connectivity index (χ3v) is 6.29. The van der Waals surface area contributed by atoms with Crippen molar-refractivity contribution in [1.29, 1.82) is 0 Å². The van der Waals surface area contributed by atoms with E-state index in [2.05, 4.69) is 0 Å². The summed E-state index contributed by atoms with van der Waals surface area (Å²) in [6.07, 6.45) is 1.83. The average Bonchev–Trinajstić information content (AvgIpc) is 2.64. The van der Waals surface area contributed by atoms with Gasteiger partial charge in [0.05, 0.1) is 0 Å². The fourth-order valence-corrected chi connectivity index (χ4v) is 4.16. The summed E-state index contributed by atoms with van der Waals surface area (Å²) in [4.78, 5) is 0. The lowest BCUT2D eigenvalue weighted by Gasteiger charge is -2.33. The molecule has 2 aromatic carbocycles. The van der Waals surface area contributed by atoms with Crippen molar-refractivity contribution in [2.75, 3.05) is 27.2 Å². The number of halogens is 2. The Kier molecular flexibility index (Phi) is 5.22. The maximum Gasteiger partial charge on any atom is 0.281 e. The molecule has 0 aromatic heterocycles. The van der Waals surface area contributed by atoms with Gasteiger partial charge in [-0.3, -0.25) is 0 Å². The monoisotopic (exact) mass is 378 g/mol. The first kappa shape index (κ1) is 18.7. The zero-order chi connectivity index (χ0) is 18.9. The summed E-state index contributed by atoms with van der Waals surface area (Å²) in [7, 11) is -0.791. The Balaban J connectivity index is 2.09. The van der Waals surface area contributed by atoms with E-state index in [1.165, 1.54) is 18.4 Å². The molecule has 2 aromatic rings. The van der Waals surface area contributed by atoms with Crippen molar-refractivity contribution in [3.8, 4) is 0 Å². The molecule has 7 heteroatoms. The molecule has 138 valence electrons. The minimum absolute atomic E-state index is 0.00970. The number of nitrogens with zero attached hydrogens (tertiary/aromatic N) is 2. The second-order valence-electron chi connectivity index (χ2n) is 6.42. The average molecular weight is 378 g/mol. The van der Waals surface area contributed by atoms with Crippen molar-refractivity contribution in [2.24, 2.45) is 0 Å². The van der Waals surface area contributed by atoms with E-state index in [0.717, 1.165) is 28.1 Å². The molecule has 0 fully saturated rings. The Bertz CT molecular complexity index is 928. The summed E-state index contributed by atoms with van der Waals surface area (Å²) in [5, 5.41) is 0. The first-order chi connectivity index (χ1) is 12.3. The molecule has 0 N–H and O–H groups in total. The molecule has 1 heterocycles. The third-order valence-electron chi connectivity index (χ3n) is 4.44. The Labute approximate surface area is 152 Å². The first-order valence-electron chi connectivity index (χ1n) is 8.17. The molecule has 0 bridgehead atoms. The molecule has 0 radical (unpaired) electrons. The molecule has 1 unspecified atom stereocenters. The van der Waals surface area contributed by atoms with Gasteiger partial charge in [-0.05, 0) is 29.3 Å². The molecule has 0 saturated heterocycles. The van der Waals surface area contributed by atoms with E-state index in [1.807, 2.05) is 36.4 Å². The summed E-state index contributed by atoms with van der Waals surface area (Å²) in [5.41, 5.74) is 1.46. The van der Waals surface area contributed by atoms with Gasteiger partial charge in [0.25, 0.3) is 10.2 Å². The molecular weight excluding hydrogens is 358 g/mol. The molecule has 1 aliphatic heterocycles.